The summed E-state index contributed by atoms with van der Waals surface area (Å²) in [5.74, 6) is -0.757. The molecule has 3 rings (SSSR count). The summed E-state index contributed by atoms with van der Waals surface area (Å²) in [5.41, 5.74) is 5.60. The van der Waals surface area contributed by atoms with Crippen LogP contribution in [0.3, 0.4) is 0 Å². The number of carboxylic acids is 1. The quantitative estimate of drug-likeness (QED) is 0.567. The molecule has 0 fully saturated rings. The number of nitrogens with zero attached hydrogens (tertiary/aromatic N) is 2. The molecule has 3 aromatic rings. The molecular formula is C22H25N3O2. The first-order valence-corrected chi connectivity index (χ1v) is 9.21. The Morgan fingerprint density at radius 1 is 1.11 bits per heavy atom. The molecule has 0 aliphatic carbocycles. The lowest BCUT2D eigenvalue weighted by molar-refractivity contribution is -0.137. The van der Waals surface area contributed by atoms with Crippen molar-refractivity contribution >= 4 is 5.97 Å². The van der Waals surface area contributed by atoms with Gasteiger partial charge in [-0.25, -0.2) is 0 Å². The van der Waals surface area contributed by atoms with E-state index in [4.69, 9.17) is 10.2 Å². The standard InChI is InChI=1S/C22H25N3O2/c1-17-9-11-19(12-10-17)22-20(14-23-13-5-8-21(26)27)16-25(24-22)15-18-6-3-2-4-7-18/h2-4,6-7,9-12,16,23H,5,8,13-15H2,1H3,(H,26,27). The zero-order chi connectivity index (χ0) is 19.1. The number of hydrogen-bond donors (Lipinski definition) is 2. The summed E-state index contributed by atoms with van der Waals surface area (Å²) < 4.78 is 1.97. The smallest absolute Gasteiger partial charge is 0.303 e. The van der Waals surface area contributed by atoms with E-state index < -0.39 is 5.97 Å². The first-order chi connectivity index (χ1) is 13.1. The Morgan fingerprint density at radius 3 is 2.56 bits per heavy atom. The summed E-state index contributed by atoms with van der Waals surface area (Å²) in [7, 11) is 0. The van der Waals surface area contributed by atoms with Gasteiger partial charge in [0.05, 0.1) is 12.2 Å². The van der Waals surface area contributed by atoms with Gasteiger partial charge in [0.2, 0.25) is 0 Å². The van der Waals surface area contributed by atoms with E-state index in [2.05, 4.69) is 54.8 Å². The second kappa shape index (κ2) is 9.14. The van der Waals surface area contributed by atoms with Gasteiger partial charge in [-0.1, -0.05) is 60.2 Å². The third-order valence-corrected chi connectivity index (χ3v) is 4.41. The average molecular weight is 363 g/mol. The minimum absolute atomic E-state index is 0.186. The van der Waals surface area contributed by atoms with Crippen molar-refractivity contribution in [2.24, 2.45) is 0 Å². The van der Waals surface area contributed by atoms with Crippen molar-refractivity contribution in [1.82, 2.24) is 15.1 Å². The molecule has 0 saturated heterocycles. The number of benzene rings is 2. The summed E-state index contributed by atoms with van der Waals surface area (Å²) in [6.07, 6.45) is 2.88. The molecule has 140 valence electrons. The molecule has 0 aliphatic heterocycles. The highest BCUT2D eigenvalue weighted by Crippen LogP contribution is 2.23. The molecule has 0 atom stereocenters. The van der Waals surface area contributed by atoms with Crippen molar-refractivity contribution in [1.29, 1.82) is 0 Å². The van der Waals surface area contributed by atoms with Gasteiger partial charge in [0.1, 0.15) is 0 Å². The fraction of sp³-hybridized carbons (Fsp3) is 0.273. The van der Waals surface area contributed by atoms with E-state index >= 15 is 0 Å². The van der Waals surface area contributed by atoms with E-state index in [0.29, 0.717) is 19.5 Å². The fourth-order valence-corrected chi connectivity index (χ4v) is 2.99. The van der Waals surface area contributed by atoms with Crippen LogP contribution in [-0.4, -0.2) is 27.4 Å². The van der Waals surface area contributed by atoms with Gasteiger partial charge in [-0.2, -0.15) is 5.10 Å². The van der Waals surface area contributed by atoms with Crippen LogP contribution in [0.4, 0.5) is 0 Å². The molecule has 1 heterocycles. The van der Waals surface area contributed by atoms with Gasteiger partial charge in [-0.05, 0) is 25.5 Å². The SMILES string of the molecule is Cc1ccc(-c2nn(Cc3ccccc3)cc2CNCCCC(=O)O)cc1. The van der Waals surface area contributed by atoms with Gasteiger partial charge in [0.25, 0.3) is 0 Å². The largest absolute Gasteiger partial charge is 0.481 e. The van der Waals surface area contributed by atoms with Crippen LogP contribution in [0, 0.1) is 6.92 Å². The minimum atomic E-state index is -0.757. The van der Waals surface area contributed by atoms with Crippen LogP contribution >= 0.6 is 0 Å². The van der Waals surface area contributed by atoms with Crippen molar-refractivity contribution < 1.29 is 9.90 Å². The number of aryl methyl sites for hydroxylation is 1. The molecule has 0 unspecified atom stereocenters. The van der Waals surface area contributed by atoms with E-state index in [1.807, 2.05) is 22.9 Å². The molecule has 0 spiro atoms. The Balaban J connectivity index is 1.76. The van der Waals surface area contributed by atoms with Crippen molar-refractivity contribution in [2.75, 3.05) is 6.54 Å². The third-order valence-electron chi connectivity index (χ3n) is 4.41. The van der Waals surface area contributed by atoms with Crippen LogP contribution in [0.25, 0.3) is 11.3 Å². The predicted molar refractivity (Wildman–Crippen MR) is 107 cm³/mol. The number of aliphatic carboxylic acids is 1. The number of aromatic nitrogens is 2. The van der Waals surface area contributed by atoms with Crippen molar-refractivity contribution in [3.63, 3.8) is 0 Å². The van der Waals surface area contributed by atoms with Crippen LogP contribution in [0.2, 0.25) is 0 Å². The van der Waals surface area contributed by atoms with E-state index in [9.17, 15) is 4.79 Å². The highest BCUT2D eigenvalue weighted by Gasteiger charge is 2.11. The molecule has 1 aromatic heterocycles. The fourth-order valence-electron chi connectivity index (χ4n) is 2.99. The second-order valence-electron chi connectivity index (χ2n) is 6.73. The Labute approximate surface area is 159 Å². The number of hydrogen-bond acceptors (Lipinski definition) is 3. The zero-order valence-electron chi connectivity index (χ0n) is 15.6. The molecule has 0 amide bonds. The molecule has 0 saturated carbocycles. The minimum Gasteiger partial charge on any atom is -0.481 e. The topological polar surface area (TPSA) is 67.2 Å². The van der Waals surface area contributed by atoms with E-state index in [-0.39, 0.29) is 6.42 Å². The Morgan fingerprint density at radius 2 is 1.85 bits per heavy atom. The zero-order valence-corrected chi connectivity index (χ0v) is 15.6. The Kier molecular flexibility index (Phi) is 6.39. The predicted octanol–water partition coefficient (Wildman–Crippen LogP) is 3.86. The van der Waals surface area contributed by atoms with Crippen LogP contribution in [-0.2, 0) is 17.9 Å². The molecule has 2 N–H and O–H groups in total. The maximum atomic E-state index is 10.6. The highest BCUT2D eigenvalue weighted by molar-refractivity contribution is 5.66. The molecule has 5 nitrogen and oxygen atoms in total. The molecule has 0 aliphatic rings. The summed E-state index contributed by atoms with van der Waals surface area (Å²) in [6, 6.07) is 18.6. The van der Waals surface area contributed by atoms with Gasteiger partial charge >= 0.3 is 5.97 Å². The highest BCUT2D eigenvalue weighted by atomic mass is 16.4. The van der Waals surface area contributed by atoms with Crippen LogP contribution in [0.15, 0.2) is 60.8 Å². The first kappa shape index (κ1) is 18.9. The Hall–Kier alpha value is -2.92. The van der Waals surface area contributed by atoms with Crippen LogP contribution < -0.4 is 5.32 Å². The number of nitrogens with one attached hydrogen (secondary N) is 1. The average Bonchev–Trinajstić information content (AvgIpc) is 3.05. The second-order valence-corrected chi connectivity index (χ2v) is 6.73. The molecule has 5 heteroatoms. The van der Waals surface area contributed by atoms with Gasteiger partial charge in [-0.15, -0.1) is 0 Å². The molecular weight excluding hydrogens is 338 g/mol. The van der Waals surface area contributed by atoms with Crippen molar-refractivity contribution in [2.45, 2.75) is 32.9 Å². The van der Waals surface area contributed by atoms with Gasteiger partial charge in [-0.3, -0.25) is 9.48 Å². The molecule has 27 heavy (non-hydrogen) atoms. The van der Waals surface area contributed by atoms with Crippen molar-refractivity contribution in [3.05, 3.63) is 77.5 Å². The lowest BCUT2D eigenvalue weighted by Crippen LogP contribution is -2.16. The van der Waals surface area contributed by atoms with Crippen LogP contribution in [0.1, 0.15) is 29.5 Å². The summed E-state index contributed by atoms with van der Waals surface area (Å²) in [4.78, 5) is 10.6. The number of rotatable bonds is 9. The summed E-state index contributed by atoms with van der Waals surface area (Å²) >= 11 is 0. The maximum absolute atomic E-state index is 10.6. The number of carbonyl (C=O) groups is 1. The summed E-state index contributed by atoms with van der Waals surface area (Å²) in [6.45, 7) is 4.13. The Bertz CT molecular complexity index is 870. The lowest BCUT2D eigenvalue weighted by atomic mass is 10.1. The maximum Gasteiger partial charge on any atom is 0.303 e. The molecule has 2 aromatic carbocycles. The normalized spacial score (nSPS) is 10.9. The van der Waals surface area contributed by atoms with E-state index in [1.165, 1.54) is 11.1 Å². The lowest BCUT2D eigenvalue weighted by Gasteiger charge is -2.05. The monoisotopic (exact) mass is 363 g/mol. The molecule has 0 bridgehead atoms. The third kappa shape index (κ3) is 5.53. The first-order valence-electron chi connectivity index (χ1n) is 9.21. The molecule has 0 radical (unpaired) electrons. The summed E-state index contributed by atoms with van der Waals surface area (Å²) in [5, 5.41) is 16.9. The van der Waals surface area contributed by atoms with E-state index in [1.54, 1.807) is 0 Å². The van der Waals surface area contributed by atoms with Crippen LogP contribution in [0.5, 0.6) is 0 Å². The number of carboxylic acid groups (broad SMARTS) is 1. The van der Waals surface area contributed by atoms with Gasteiger partial charge < -0.3 is 10.4 Å². The van der Waals surface area contributed by atoms with E-state index in [0.717, 1.165) is 23.4 Å². The van der Waals surface area contributed by atoms with Gasteiger partial charge in [0, 0.05) is 30.3 Å². The van der Waals surface area contributed by atoms with Crippen molar-refractivity contribution in [3.8, 4) is 11.3 Å². The van der Waals surface area contributed by atoms with Gasteiger partial charge in [0.15, 0.2) is 0 Å².